The van der Waals surface area contributed by atoms with Gasteiger partial charge in [-0.05, 0) is 42.0 Å². The second-order valence-corrected chi connectivity index (χ2v) is 6.79. The van der Waals surface area contributed by atoms with Crippen LogP contribution in [0.1, 0.15) is 15.9 Å². The number of hydrogen-bond donors (Lipinski definition) is 1. The van der Waals surface area contributed by atoms with E-state index in [2.05, 4.69) is 10.2 Å². The number of benzene rings is 2. The SMILES string of the molecule is O=C(NCCN1CCN(C(=O)Cc2ccc(F)cc2)CC1)c1ccc(F)cc1. The van der Waals surface area contributed by atoms with E-state index in [4.69, 9.17) is 0 Å². The van der Waals surface area contributed by atoms with Crippen molar-refractivity contribution in [3.63, 3.8) is 0 Å². The van der Waals surface area contributed by atoms with Crippen LogP contribution in [-0.2, 0) is 11.2 Å². The Morgan fingerprint density at radius 3 is 2.04 bits per heavy atom. The van der Waals surface area contributed by atoms with E-state index in [1.54, 1.807) is 12.1 Å². The van der Waals surface area contributed by atoms with Gasteiger partial charge in [0.2, 0.25) is 5.91 Å². The molecule has 5 nitrogen and oxygen atoms in total. The predicted molar refractivity (Wildman–Crippen MR) is 102 cm³/mol. The van der Waals surface area contributed by atoms with Gasteiger partial charge in [-0.1, -0.05) is 12.1 Å². The van der Waals surface area contributed by atoms with Crippen molar-refractivity contribution in [3.8, 4) is 0 Å². The number of halogens is 2. The third-order valence-electron chi connectivity index (χ3n) is 4.81. The summed E-state index contributed by atoms with van der Waals surface area (Å²) in [6, 6.07) is 11.4. The highest BCUT2D eigenvalue weighted by molar-refractivity contribution is 5.94. The lowest BCUT2D eigenvalue weighted by Gasteiger charge is -2.34. The zero-order valence-electron chi connectivity index (χ0n) is 15.5. The van der Waals surface area contributed by atoms with Crippen LogP contribution in [0.5, 0.6) is 0 Å². The van der Waals surface area contributed by atoms with Crippen molar-refractivity contribution in [2.45, 2.75) is 6.42 Å². The molecule has 0 radical (unpaired) electrons. The van der Waals surface area contributed by atoms with Crippen molar-refractivity contribution in [2.75, 3.05) is 39.3 Å². The highest BCUT2D eigenvalue weighted by Gasteiger charge is 2.21. The number of amides is 2. The molecule has 0 aromatic heterocycles. The number of nitrogens with zero attached hydrogens (tertiary/aromatic N) is 2. The summed E-state index contributed by atoms with van der Waals surface area (Å²) in [5, 5.41) is 2.82. The molecular weight excluding hydrogens is 364 g/mol. The molecule has 0 aliphatic carbocycles. The fourth-order valence-corrected chi connectivity index (χ4v) is 3.14. The molecule has 0 bridgehead atoms. The fraction of sp³-hybridized carbons (Fsp3) is 0.333. The first-order chi connectivity index (χ1) is 13.5. The van der Waals surface area contributed by atoms with Crippen LogP contribution in [0.25, 0.3) is 0 Å². The van der Waals surface area contributed by atoms with Gasteiger partial charge < -0.3 is 10.2 Å². The summed E-state index contributed by atoms with van der Waals surface area (Å²) < 4.78 is 25.8. The molecule has 1 heterocycles. The van der Waals surface area contributed by atoms with Gasteiger partial charge in [0.15, 0.2) is 0 Å². The molecule has 1 aliphatic rings. The van der Waals surface area contributed by atoms with Crippen LogP contribution in [-0.4, -0.2) is 60.9 Å². The third kappa shape index (κ3) is 5.60. The maximum Gasteiger partial charge on any atom is 0.251 e. The topological polar surface area (TPSA) is 52.7 Å². The maximum absolute atomic E-state index is 12.9. The molecule has 0 unspecified atom stereocenters. The van der Waals surface area contributed by atoms with E-state index >= 15 is 0 Å². The summed E-state index contributed by atoms with van der Waals surface area (Å²) in [5.41, 5.74) is 1.23. The third-order valence-corrected chi connectivity index (χ3v) is 4.81. The van der Waals surface area contributed by atoms with Crippen LogP contribution in [0.4, 0.5) is 8.78 Å². The summed E-state index contributed by atoms with van der Waals surface area (Å²) in [6.45, 7) is 3.91. The Labute approximate surface area is 162 Å². The lowest BCUT2D eigenvalue weighted by atomic mass is 10.1. The first-order valence-corrected chi connectivity index (χ1v) is 9.29. The number of rotatable bonds is 6. The van der Waals surface area contributed by atoms with E-state index in [1.165, 1.54) is 36.4 Å². The second kappa shape index (κ2) is 9.41. The predicted octanol–water partition coefficient (Wildman–Crippen LogP) is 2.08. The molecular formula is C21H23F2N3O2. The summed E-state index contributed by atoms with van der Waals surface area (Å²) >= 11 is 0. The summed E-state index contributed by atoms with van der Waals surface area (Å²) in [5.74, 6) is -0.872. The fourth-order valence-electron chi connectivity index (χ4n) is 3.14. The van der Waals surface area contributed by atoms with Crippen molar-refractivity contribution in [2.24, 2.45) is 0 Å². The first kappa shape index (κ1) is 19.9. The minimum atomic E-state index is -0.372. The standard InChI is InChI=1S/C21H23F2N3O2/c22-18-5-1-16(2-6-18)15-20(27)26-13-11-25(12-14-26)10-9-24-21(28)17-3-7-19(23)8-4-17/h1-8H,9-15H2,(H,24,28). The van der Waals surface area contributed by atoms with Crippen molar-refractivity contribution in [3.05, 3.63) is 71.3 Å². The van der Waals surface area contributed by atoms with Gasteiger partial charge in [-0.15, -0.1) is 0 Å². The zero-order chi connectivity index (χ0) is 19.9. The van der Waals surface area contributed by atoms with Crippen LogP contribution in [0.15, 0.2) is 48.5 Å². The van der Waals surface area contributed by atoms with Crippen LogP contribution < -0.4 is 5.32 Å². The Balaban J connectivity index is 1.36. The van der Waals surface area contributed by atoms with Crippen molar-refractivity contribution in [1.29, 1.82) is 0 Å². The molecule has 1 aliphatic heterocycles. The molecule has 1 saturated heterocycles. The van der Waals surface area contributed by atoms with Gasteiger partial charge >= 0.3 is 0 Å². The molecule has 7 heteroatoms. The Kier molecular flexibility index (Phi) is 6.71. The summed E-state index contributed by atoms with van der Waals surface area (Å²) in [7, 11) is 0. The molecule has 28 heavy (non-hydrogen) atoms. The Bertz CT molecular complexity index is 801. The van der Waals surface area contributed by atoms with E-state index in [9.17, 15) is 18.4 Å². The van der Waals surface area contributed by atoms with Gasteiger partial charge in [-0.3, -0.25) is 14.5 Å². The Morgan fingerprint density at radius 2 is 1.43 bits per heavy atom. The lowest BCUT2D eigenvalue weighted by molar-refractivity contribution is -0.132. The van der Waals surface area contributed by atoms with Gasteiger partial charge in [0.1, 0.15) is 11.6 Å². The minimum Gasteiger partial charge on any atom is -0.351 e. The molecule has 2 aromatic rings. The maximum atomic E-state index is 12.9. The quantitative estimate of drug-likeness (QED) is 0.826. The molecule has 2 aromatic carbocycles. The van der Waals surface area contributed by atoms with Crippen LogP contribution in [0, 0.1) is 11.6 Å². The molecule has 3 rings (SSSR count). The van der Waals surface area contributed by atoms with E-state index in [1.807, 2.05) is 4.90 Å². The van der Waals surface area contributed by atoms with Gasteiger partial charge in [-0.25, -0.2) is 8.78 Å². The van der Waals surface area contributed by atoms with E-state index in [0.29, 0.717) is 31.7 Å². The largest absolute Gasteiger partial charge is 0.351 e. The van der Waals surface area contributed by atoms with E-state index < -0.39 is 0 Å². The molecule has 1 fully saturated rings. The average Bonchev–Trinajstić information content (AvgIpc) is 2.70. The molecule has 1 N–H and O–H groups in total. The van der Waals surface area contributed by atoms with Crippen molar-refractivity contribution < 1.29 is 18.4 Å². The number of carbonyl (C=O) groups excluding carboxylic acids is 2. The van der Waals surface area contributed by atoms with Crippen LogP contribution in [0.2, 0.25) is 0 Å². The number of nitrogens with one attached hydrogen (secondary N) is 1. The first-order valence-electron chi connectivity index (χ1n) is 9.29. The highest BCUT2D eigenvalue weighted by atomic mass is 19.1. The van der Waals surface area contributed by atoms with Crippen molar-refractivity contribution in [1.82, 2.24) is 15.1 Å². The van der Waals surface area contributed by atoms with Gasteiger partial charge in [0.25, 0.3) is 5.91 Å². The molecule has 0 spiro atoms. The Hall–Kier alpha value is -2.80. The van der Waals surface area contributed by atoms with Crippen LogP contribution in [0.3, 0.4) is 0 Å². The minimum absolute atomic E-state index is 0.0378. The molecule has 0 atom stereocenters. The molecule has 148 valence electrons. The normalized spacial score (nSPS) is 14.7. The lowest BCUT2D eigenvalue weighted by Crippen LogP contribution is -2.50. The van der Waals surface area contributed by atoms with Gasteiger partial charge in [0.05, 0.1) is 6.42 Å². The molecule has 0 saturated carbocycles. The second-order valence-electron chi connectivity index (χ2n) is 6.79. The van der Waals surface area contributed by atoms with Gasteiger partial charge in [-0.2, -0.15) is 0 Å². The summed E-state index contributed by atoms with van der Waals surface area (Å²) in [6.07, 6.45) is 0.272. The van der Waals surface area contributed by atoms with Crippen molar-refractivity contribution >= 4 is 11.8 Å². The van der Waals surface area contributed by atoms with Gasteiger partial charge in [0, 0.05) is 44.8 Å². The van der Waals surface area contributed by atoms with Crippen LogP contribution >= 0.6 is 0 Å². The summed E-state index contributed by atoms with van der Waals surface area (Å²) in [4.78, 5) is 28.4. The molecule has 2 amide bonds. The highest BCUT2D eigenvalue weighted by Crippen LogP contribution is 2.08. The van der Waals surface area contributed by atoms with E-state index in [0.717, 1.165) is 18.7 Å². The Morgan fingerprint density at radius 1 is 0.857 bits per heavy atom. The zero-order valence-corrected chi connectivity index (χ0v) is 15.5. The monoisotopic (exact) mass is 387 g/mol. The van der Waals surface area contributed by atoms with E-state index in [-0.39, 0.29) is 29.9 Å². The average molecular weight is 387 g/mol. The number of carbonyl (C=O) groups is 2. The number of piperazine rings is 1. The number of hydrogen-bond acceptors (Lipinski definition) is 3. The smallest absolute Gasteiger partial charge is 0.251 e.